The predicted molar refractivity (Wildman–Crippen MR) is 94.0 cm³/mol. The van der Waals surface area contributed by atoms with Gasteiger partial charge in [0.2, 0.25) is 0 Å². The topological polar surface area (TPSA) is 70.1 Å². The molecule has 24 heavy (non-hydrogen) atoms. The molecule has 6 heteroatoms. The number of nitrogens with two attached hydrogens (primary N) is 1. The predicted octanol–water partition coefficient (Wildman–Crippen LogP) is 3.54. The summed E-state index contributed by atoms with van der Waals surface area (Å²) in [6.45, 7) is 2.62. The number of benzene rings is 1. The first-order valence-corrected chi connectivity index (χ1v) is 8.68. The van der Waals surface area contributed by atoms with Gasteiger partial charge >= 0.3 is 5.97 Å². The van der Waals surface area contributed by atoms with Gasteiger partial charge in [-0.1, -0.05) is 30.2 Å². The maximum absolute atomic E-state index is 11.5. The van der Waals surface area contributed by atoms with Gasteiger partial charge in [0.25, 0.3) is 0 Å². The molecule has 1 fully saturated rings. The van der Waals surface area contributed by atoms with Crippen molar-refractivity contribution in [1.29, 1.82) is 0 Å². The second-order valence-corrected chi connectivity index (χ2v) is 6.61. The molecule has 1 aromatic carbocycles. The number of esters is 1. The van der Waals surface area contributed by atoms with E-state index in [1.807, 2.05) is 18.2 Å². The summed E-state index contributed by atoms with van der Waals surface area (Å²) in [5, 5.41) is 5.42. The zero-order valence-corrected chi connectivity index (χ0v) is 14.6. The SMILES string of the molecule is CCOC(=O)CCn1nc(C2(c3ccc(Cl)cc3)CCC2)cc1N. The third-order valence-electron chi connectivity index (χ3n) is 4.74. The Morgan fingerprint density at radius 1 is 1.38 bits per heavy atom. The lowest BCUT2D eigenvalue weighted by molar-refractivity contribution is -0.143. The number of rotatable bonds is 6. The molecule has 1 aromatic heterocycles. The molecule has 0 saturated heterocycles. The van der Waals surface area contributed by atoms with Crippen molar-refractivity contribution in [2.75, 3.05) is 12.3 Å². The van der Waals surface area contributed by atoms with E-state index < -0.39 is 0 Å². The van der Waals surface area contributed by atoms with Crippen LogP contribution in [0.5, 0.6) is 0 Å². The third-order valence-corrected chi connectivity index (χ3v) is 4.99. The van der Waals surface area contributed by atoms with Gasteiger partial charge in [-0.3, -0.25) is 4.79 Å². The van der Waals surface area contributed by atoms with Gasteiger partial charge in [-0.2, -0.15) is 5.10 Å². The highest BCUT2D eigenvalue weighted by atomic mass is 35.5. The molecule has 5 nitrogen and oxygen atoms in total. The van der Waals surface area contributed by atoms with Crippen LogP contribution >= 0.6 is 11.6 Å². The second-order valence-electron chi connectivity index (χ2n) is 6.18. The monoisotopic (exact) mass is 347 g/mol. The van der Waals surface area contributed by atoms with Crippen LogP contribution in [0.4, 0.5) is 5.82 Å². The van der Waals surface area contributed by atoms with Crippen molar-refractivity contribution in [3.63, 3.8) is 0 Å². The Balaban J connectivity index is 1.82. The van der Waals surface area contributed by atoms with E-state index in [1.165, 1.54) is 5.56 Å². The summed E-state index contributed by atoms with van der Waals surface area (Å²) in [4.78, 5) is 11.5. The van der Waals surface area contributed by atoms with E-state index in [0.29, 0.717) is 19.0 Å². The standard InChI is InChI=1S/C18H22ClN3O2/c1-2-24-17(23)8-11-22-16(20)12-15(21-22)18(9-3-10-18)13-4-6-14(19)7-5-13/h4-7,12H,2-3,8-11,20H2,1H3. The molecular formula is C18H22ClN3O2. The number of carbonyl (C=O) groups is 1. The Morgan fingerprint density at radius 3 is 2.67 bits per heavy atom. The number of anilines is 1. The number of aromatic nitrogens is 2. The molecule has 0 amide bonds. The van der Waals surface area contributed by atoms with Crippen molar-refractivity contribution < 1.29 is 9.53 Å². The Labute approximate surface area is 146 Å². The van der Waals surface area contributed by atoms with Gasteiger partial charge in [0, 0.05) is 16.5 Å². The van der Waals surface area contributed by atoms with Crippen LogP contribution in [-0.4, -0.2) is 22.4 Å². The molecule has 2 aromatic rings. The van der Waals surface area contributed by atoms with E-state index in [9.17, 15) is 4.79 Å². The van der Waals surface area contributed by atoms with E-state index in [2.05, 4.69) is 17.2 Å². The number of hydrogen-bond donors (Lipinski definition) is 1. The summed E-state index contributed by atoms with van der Waals surface area (Å²) in [6, 6.07) is 9.89. The van der Waals surface area contributed by atoms with E-state index in [1.54, 1.807) is 11.6 Å². The van der Waals surface area contributed by atoms with Crippen LogP contribution in [-0.2, 0) is 21.5 Å². The van der Waals surface area contributed by atoms with Crippen molar-refractivity contribution in [3.05, 3.63) is 46.6 Å². The number of nitrogen functional groups attached to an aromatic ring is 1. The van der Waals surface area contributed by atoms with Crippen molar-refractivity contribution in [1.82, 2.24) is 9.78 Å². The maximum atomic E-state index is 11.5. The van der Waals surface area contributed by atoms with Gasteiger partial charge in [0.05, 0.1) is 25.3 Å². The third kappa shape index (κ3) is 3.13. The minimum absolute atomic E-state index is 0.0894. The van der Waals surface area contributed by atoms with E-state index >= 15 is 0 Å². The fourth-order valence-corrected chi connectivity index (χ4v) is 3.39. The van der Waals surface area contributed by atoms with Crippen LogP contribution in [0, 0.1) is 0 Å². The fourth-order valence-electron chi connectivity index (χ4n) is 3.27. The zero-order chi connectivity index (χ0) is 17.2. The summed E-state index contributed by atoms with van der Waals surface area (Å²) < 4.78 is 6.65. The van der Waals surface area contributed by atoms with Crippen molar-refractivity contribution in [2.45, 2.75) is 44.6 Å². The van der Waals surface area contributed by atoms with Crippen molar-refractivity contribution in [2.24, 2.45) is 0 Å². The Kier molecular flexibility index (Phi) is 4.81. The Morgan fingerprint density at radius 2 is 2.08 bits per heavy atom. The van der Waals surface area contributed by atoms with E-state index in [-0.39, 0.29) is 17.8 Å². The maximum Gasteiger partial charge on any atom is 0.307 e. The highest BCUT2D eigenvalue weighted by molar-refractivity contribution is 6.30. The van der Waals surface area contributed by atoms with E-state index in [0.717, 1.165) is 30.0 Å². The molecule has 1 heterocycles. The van der Waals surface area contributed by atoms with Crippen LogP contribution in [0.1, 0.15) is 43.9 Å². The van der Waals surface area contributed by atoms with Gasteiger partial charge in [-0.15, -0.1) is 0 Å². The van der Waals surface area contributed by atoms with Gasteiger partial charge in [-0.05, 0) is 37.5 Å². The number of ether oxygens (including phenoxy) is 1. The van der Waals surface area contributed by atoms with Crippen LogP contribution in [0.15, 0.2) is 30.3 Å². The molecule has 1 aliphatic rings. The first-order chi connectivity index (χ1) is 11.5. The normalized spacial score (nSPS) is 15.8. The smallest absolute Gasteiger partial charge is 0.307 e. The lowest BCUT2D eigenvalue weighted by Crippen LogP contribution is -2.36. The molecular weight excluding hydrogens is 326 g/mol. The summed E-state index contributed by atoms with van der Waals surface area (Å²) in [6.07, 6.45) is 3.53. The van der Waals surface area contributed by atoms with Gasteiger partial charge < -0.3 is 10.5 Å². The zero-order valence-electron chi connectivity index (χ0n) is 13.8. The van der Waals surface area contributed by atoms with Crippen molar-refractivity contribution >= 4 is 23.4 Å². The Hall–Kier alpha value is -2.01. The minimum Gasteiger partial charge on any atom is -0.466 e. The van der Waals surface area contributed by atoms with Crippen LogP contribution in [0.2, 0.25) is 5.02 Å². The van der Waals surface area contributed by atoms with Crippen LogP contribution in [0.3, 0.4) is 0 Å². The second kappa shape index (κ2) is 6.85. The first-order valence-electron chi connectivity index (χ1n) is 8.30. The minimum atomic E-state index is -0.231. The number of aryl methyl sites for hydroxylation is 1. The van der Waals surface area contributed by atoms with Gasteiger partial charge in [0.1, 0.15) is 5.82 Å². The lowest BCUT2D eigenvalue weighted by Gasteiger charge is -2.41. The molecule has 0 atom stereocenters. The molecule has 1 saturated carbocycles. The summed E-state index contributed by atoms with van der Waals surface area (Å²) in [5.41, 5.74) is 8.20. The van der Waals surface area contributed by atoms with E-state index in [4.69, 9.17) is 22.1 Å². The molecule has 0 unspecified atom stereocenters. The highest BCUT2D eigenvalue weighted by Gasteiger charge is 2.42. The van der Waals surface area contributed by atoms with Gasteiger partial charge in [0.15, 0.2) is 0 Å². The molecule has 0 radical (unpaired) electrons. The molecule has 0 aliphatic heterocycles. The van der Waals surface area contributed by atoms with Crippen LogP contribution < -0.4 is 5.73 Å². The number of hydrogen-bond acceptors (Lipinski definition) is 4. The molecule has 1 aliphatic carbocycles. The van der Waals surface area contributed by atoms with Crippen molar-refractivity contribution in [3.8, 4) is 0 Å². The quantitative estimate of drug-likeness (QED) is 0.811. The Bertz CT molecular complexity index is 720. The van der Waals surface area contributed by atoms with Gasteiger partial charge in [-0.25, -0.2) is 4.68 Å². The fraction of sp³-hybridized carbons (Fsp3) is 0.444. The highest BCUT2D eigenvalue weighted by Crippen LogP contribution is 2.48. The molecule has 2 N–H and O–H groups in total. The molecule has 3 rings (SSSR count). The lowest BCUT2D eigenvalue weighted by atomic mass is 9.62. The summed E-state index contributed by atoms with van der Waals surface area (Å²) in [7, 11) is 0. The largest absolute Gasteiger partial charge is 0.466 e. The molecule has 0 spiro atoms. The molecule has 128 valence electrons. The first kappa shape index (κ1) is 16.8. The summed E-state index contributed by atoms with van der Waals surface area (Å²) in [5.74, 6) is 0.347. The average molecular weight is 348 g/mol. The summed E-state index contributed by atoms with van der Waals surface area (Å²) >= 11 is 6.01. The number of halogens is 1. The van der Waals surface area contributed by atoms with Crippen LogP contribution in [0.25, 0.3) is 0 Å². The average Bonchev–Trinajstić information content (AvgIpc) is 2.87. The number of nitrogens with zero attached hydrogens (tertiary/aromatic N) is 2. The number of carbonyl (C=O) groups excluding carboxylic acids is 1. The molecule has 0 bridgehead atoms.